The van der Waals surface area contributed by atoms with Crippen LogP contribution in [0, 0.1) is 5.82 Å². The molecule has 1 aromatic heterocycles. The second-order valence-corrected chi connectivity index (χ2v) is 3.51. The SMILES string of the molecule is CCOCC1(c2[nH]ncc2F)CC1. The first kappa shape index (κ1) is 8.69. The molecule has 3 nitrogen and oxygen atoms in total. The van der Waals surface area contributed by atoms with Crippen molar-refractivity contribution in [2.45, 2.75) is 25.2 Å². The Kier molecular flexibility index (Phi) is 2.07. The lowest BCUT2D eigenvalue weighted by molar-refractivity contribution is 0.123. The summed E-state index contributed by atoms with van der Waals surface area (Å²) in [5.74, 6) is -0.239. The maximum atomic E-state index is 13.2. The van der Waals surface area contributed by atoms with E-state index in [1.54, 1.807) is 0 Å². The Morgan fingerprint density at radius 1 is 1.69 bits per heavy atom. The maximum absolute atomic E-state index is 13.2. The van der Waals surface area contributed by atoms with Crippen LogP contribution < -0.4 is 0 Å². The first-order chi connectivity index (χ1) is 6.28. The highest BCUT2D eigenvalue weighted by Crippen LogP contribution is 2.48. The molecule has 0 atom stereocenters. The van der Waals surface area contributed by atoms with E-state index in [1.807, 2.05) is 6.92 Å². The van der Waals surface area contributed by atoms with Crippen molar-refractivity contribution in [3.63, 3.8) is 0 Å². The highest BCUT2D eigenvalue weighted by molar-refractivity contribution is 5.24. The molecule has 0 amide bonds. The second-order valence-electron chi connectivity index (χ2n) is 3.51. The average molecular weight is 184 g/mol. The van der Waals surface area contributed by atoms with Crippen LogP contribution in [0.2, 0.25) is 0 Å². The third kappa shape index (κ3) is 1.46. The molecular formula is C9H13FN2O. The van der Waals surface area contributed by atoms with E-state index in [0.717, 1.165) is 12.8 Å². The van der Waals surface area contributed by atoms with Crippen molar-refractivity contribution >= 4 is 0 Å². The number of nitrogens with one attached hydrogen (secondary N) is 1. The van der Waals surface area contributed by atoms with Crippen molar-refractivity contribution < 1.29 is 9.13 Å². The maximum Gasteiger partial charge on any atom is 0.164 e. The predicted molar refractivity (Wildman–Crippen MR) is 46.0 cm³/mol. The highest BCUT2D eigenvalue weighted by atomic mass is 19.1. The van der Waals surface area contributed by atoms with Crippen LogP contribution in [0.1, 0.15) is 25.5 Å². The molecule has 0 bridgehead atoms. The van der Waals surface area contributed by atoms with E-state index >= 15 is 0 Å². The number of hydrogen-bond donors (Lipinski definition) is 1. The number of halogens is 1. The van der Waals surface area contributed by atoms with E-state index in [2.05, 4.69) is 10.2 Å². The van der Waals surface area contributed by atoms with Crippen LogP contribution in [-0.4, -0.2) is 23.4 Å². The van der Waals surface area contributed by atoms with Crippen LogP contribution >= 0.6 is 0 Å². The van der Waals surface area contributed by atoms with Gasteiger partial charge in [0.05, 0.1) is 18.5 Å². The topological polar surface area (TPSA) is 37.9 Å². The minimum absolute atomic E-state index is 0.101. The summed E-state index contributed by atoms with van der Waals surface area (Å²) in [5.41, 5.74) is 0.511. The van der Waals surface area contributed by atoms with Gasteiger partial charge >= 0.3 is 0 Å². The zero-order valence-corrected chi connectivity index (χ0v) is 7.64. The molecule has 13 heavy (non-hydrogen) atoms. The fraction of sp³-hybridized carbons (Fsp3) is 0.667. The van der Waals surface area contributed by atoms with Crippen LogP contribution in [0.15, 0.2) is 6.20 Å². The number of ether oxygens (including phenoxy) is 1. The van der Waals surface area contributed by atoms with Gasteiger partial charge in [0, 0.05) is 12.0 Å². The fourth-order valence-electron chi connectivity index (χ4n) is 1.56. The monoisotopic (exact) mass is 184 g/mol. The lowest BCUT2D eigenvalue weighted by Gasteiger charge is -2.12. The lowest BCUT2D eigenvalue weighted by Crippen LogP contribution is -2.17. The smallest absolute Gasteiger partial charge is 0.164 e. The van der Waals surface area contributed by atoms with Gasteiger partial charge in [-0.05, 0) is 19.8 Å². The second kappa shape index (κ2) is 3.10. The molecule has 1 N–H and O–H groups in total. The molecular weight excluding hydrogens is 171 g/mol. The van der Waals surface area contributed by atoms with E-state index in [4.69, 9.17) is 4.74 Å². The number of aromatic nitrogens is 2. The summed E-state index contributed by atoms with van der Waals surface area (Å²) in [6, 6.07) is 0. The Morgan fingerprint density at radius 3 is 2.92 bits per heavy atom. The highest BCUT2D eigenvalue weighted by Gasteiger charge is 2.47. The van der Waals surface area contributed by atoms with Crippen LogP contribution in [0.3, 0.4) is 0 Å². The normalized spacial score (nSPS) is 18.9. The quantitative estimate of drug-likeness (QED) is 0.772. The number of rotatable bonds is 4. The molecule has 2 rings (SSSR count). The van der Waals surface area contributed by atoms with E-state index in [0.29, 0.717) is 18.9 Å². The zero-order valence-electron chi connectivity index (χ0n) is 7.64. The summed E-state index contributed by atoms with van der Waals surface area (Å²) in [5, 5.41) is 6.39. The Bertz CT molecular complexity index is 294. The first-order valence-corrected chi connectivity index (χ1v) is 4.55. The van der Waals surface area contributed by atoms with Gasteiger partial charge in [-0.2, -0.15) is 5.10 Å². The molecule has 0 saturated heterocycles. The average Bonchev–Trinajstić information content (AvgIpc) is 2.80. The molecule has 0 aromatic carbocycles. The van der Waals surface area contributed by atoms with Gasteiger partial charge in [-0.25, -0.2) is 4.39 Å². The van der Waals surface area contributed by atoms with Gasteiger partial charge < -0.3 is 4.74 Å². The third-order valence-electron chi connectivity index (χ3n) is 2.56. The van der Waals surface area contributed by atoms with Gasteiger partial charge in [0.15, 0.2) is 5.82 Å². The van der Waals surface area contributed by atoms with Crippen molar-refractivity contribution in [2.75, 3.05) is 13.2 Å². The van der Waals surface area contributed by atoms with E-state index < -0.39 is 0 Å². The number of aromatic amines is 1. The van der Waals surface area contributed by atoms with Crippen molar-refractivity contribution in [1.29, 1.82) is 0 Å². The largest absolute Gasteiger partial charge is 0.381 e. The van der Waals surface area contributed by atoms with Crippen molar-refractivity contribution in [3.8, 4) is 0 Å². The number of nitrogens with zero attached hydrogens (tertiary/aromatic N) is 1. The van der Waals surface area contributed by atoms with Gasteiger partial charge in [-0.3, -0.25) is 5.10 Å². The molecule has 1 aliphatic carbocycles. The summed E-state index contributed by atoms with van der Waals surface area (Å²) in [6.45, 7) is 3.22. The Labute approximate surface area is 76.3 Å². The standard InChI is InChI=1S/C9H13FN2O/c1-2-13-6-9(3-4-9)8-7(10)5-11-12-8/h5H,2-4,6H2,1H3,(H,11,12). The van der Waals surface area contributed by atoms with Gasteiger partial charge in [-0.15, -0.1) is 0 Å². The molecule has 0 unspecified atom stereocenters. The minimum Gasteiger partial charge on any atom is -0.381 e. The predicted octanol–water partition coefficient (Wildman–Crippen LogP) is 1.62. The molecule has 1 heterocycles. The van der Waals surface area contributed by atoms with Crippen molar-refractivity contribution in [3.05, 3.63) is 17.7 Å². The Morgan fingerprint density at radius 2 is 2.46 bits per heavy atom. The van der Waals surface area contributed by atoms with E-state index in [1.165, 1.54) is 6.20 Å². The summed E-state index contributed by atoms with van der Waals surface area (Å²) >= 11 is 0. The fourth-order valence-corrected chi connectivity index (χ4v) is 1.56. The molecule has 1 fully saturated rings. The van der Waals surface area contributed by atoms with Crippen LogP contribution in [0.25, 0.3) is 0 Å². The van der Waals surface area contributed by atoms with Crippen molar-refractivity contribution in [1.82, 2.24) is 10.2 Å². The summed E-state index contributed by atoms with van der Waals surface area (Å²) in [4.78, 5) is 0. The third-order valence-corrected chi connectivity index (χ3v) is 2.56. The van der Waals surface area contributed by atoms with Crippen LogP contribution in [0.5, 0.6) is 0 Å². The summed E-state index contributed by atoms with van der Waals surface area (Å²) in [7, 11) is 0. The van der Waals surface area contributed by atoms with Crippen LogP contribution in [-0.2, 0) is 10.2 Å². The van der Waals surface area contributed by atoms with Gasteiger partial charge in [-0.1, -0.05) is 0 Å². The van der Waals surface area contributed by atoms with E-state index in [-0.39, 0.29) is 11.2 Å². The van der Waals surface area contributed by atoms with Crippen molar-refractivity contribution in [2.24, 2.45) is 0 Å². The molecule has 1 saturated carbocycles. The molecule has 1 aliphatic rings. The van der Waals surface area contributed by atoms with Gasteiger partial charge in [0.2, 0.25) is 0 Å². The summed E-state index contributed by atoms with van der Waals surface area (Å²) < 4.78 is 18.5. The van der Waals surface area contributed by atoms with Gasteiger partial charge in [0.1, 0.15) is 0 Å². The number of hydrogen-bond acceptors (Lipinski definition) is 2. The number of H-pyrrole nitrogens is 1. The molecule has 4 heteroatoms. The van der Waals surface area contributed by atoms with Crippen LogP contribution in [0.4, 0.5) is 4.39 Å². The molecule has 0 spiro atoms. The molecule has 0 radical (unpaired) electrons. The molecule has 1 aromatic rings. The first-order valence-electron chi connectivity index (χ1n) is 4.55. The lowest BCUT2D eigenvalue weighted by atomic mass is 10.0. The molecule has 0 aliphatic heterocycles. The van der Waals surface area contributed by atoms with Gasteiger partial charge in [0.25, 0.3) is 0 Å². The van der Waals surface area contributed by atoms with E-state index in [9.17, 15) is 4.39 Å². The Hall–Kier alpha value is -0.900. The summed E-state index contributed by atoms with van der Waals surface area (Å²) in [6.07, 6.45) is 3.21. The zero-order chi connectivity index (χ0) is 9.31. The minimum atomic E-state index is -0.239. The Balaban J connectivity index is 2.11. The molecule has 72 valence electrons.